The summed E-state index contributed by atoms with van der Waals surface area (Å²) in [5.74, 6) is -0.591. The van der Waals surface area contributed by atoms with E-state index < -0.39 is 40.3 Å². The van der Waals surface area contributed by atoms with Crippen LogP contribution < -0.4 is 5.32 Å². The molecular formula is C30H33F3N6O4S2. The SMILES string of the molecule is CS(=O)(=O)N1CCc2c(c(-c3ccc(C(F)(F)F)c(CNC(=O)c4nc5ccccc5s4)c3)nn2CC(O)CN2CCCC2)C1. The van der Waals surface area contributed by atoms with Gasteiger partial charge in [0.25, 0.3) is 5.91 Å². The molecule has 1 fully saturated rings. The number of sulfonamides is 1. The minimum atomic E-state index is -4.68. The molecule has 15 heteroatoms. The van der Waals surface area contributed by atoms with E-state index in [1.54, 1.807) is 16.8 Å². The first kappa shape index (κ1) is 31.6. The Morgan fingerprint density at radius 2 is 1.87 bits per heavy atom. The minimum Gasteiger partial charge on any atom is -0.390 e. The summed E-state index contributed by atoms with van der Waals surface area (Å²) < 4.78 is 70.9. The molecule has 1 saturated heterocycles. The van der Waals surface area contributed by atoms with Gasteiger partial charge in [-0.15, -0.1) is 11.3 Å². The van der Waals surface area contributed by atoms with Crippen molar-refractivity contribution in [1.29, 1.82) is 0 Å². The number of carbonyl (C=O) groups excluding carboxylic acids is 1. The number of aliphatic hydroxyl groups is 1. The lowest BCUT2D eigenvalue weighted by Gasteiger charge is -2.26. The quantitative estimate of drug-likeness (QED) is 0.279. The van der Waals surface area contributed by atoms with E-state index in [0.717, 1.165) is 60.0 Å². The van der Waals surface area contributed by atoms with E-state index in [4.69, 9.17) is 5.10 Å². The van der Waals surface area contributed by atoms with Crippen LogP contribution in [0.4, 0.5) is 13.2 Å². The van der Waals surface area contributed by atoms with Crippen LogP contribution in [-0.2, 0) is 42.3 Å². The van der Waals surface area contributed by atoms with Gasteiger partial charge in [-0.3, -0.25) is 9.48 Å². The van der Waals surface area contributed by atoms with Crippen molar-refractivity contribution in [2.24, 2.45) is 0 Å². The number of nitrogens with one attached hydrogen (secondary N) is 1. The Kier molecular flexibility index (Phi) is 8.73. The molecule has 1 unspecified atom stereocenters. The number of likely N-dealkylation sites (tertiary alicyclic amines) is 1. The molecule has 2 aromatic heterocycles. The molecule has 10 nitrogen and oxygen atoms in total. The van der Waals surface area contributed by atoms with E-state index in [1.165, 1.54) is 16.4 Å². The molecular weight excluding hydrogens is 629 g/mol. The molecule has 2 aromatic carbocycles. The van der Waals surface area contributed by atoms with Gasteiger partial charge >= 0.3 is 6.18 Å². The van der Waals surface area contributed by atoms with Crippen LogP contribution in [0.15, 0.2) is 42.5 Å². The Balaban J connectivity index is 1.32. The standard InChI is InChI=1S/C30H33F3N6O4S2/c1-45(42,43)38-13-10-25-22(18-38)27(36-39(25)17-21(40)16-37-11-4-5-12-37)19-8-9-23(30(31,32)33)20(14-19)15-34-28(41)29-35-24-6-2-3-7-26(24)44-29/h2-3,6-9,14,21,40H,4-5,10-13,15-18H2,1H3,(H,34,41). The predicted molar refractivity (Wildman–Crippen MR) is 164 cm³/mol. The van der Waals surface area contributed by atoms with Crippen molar-refractivity contribution in [2.45, 2.75) is 51.2 Å². The number of para-hydroxylation sites is 1. The number of rotatable bonds is 9. The Hall–Kier alpha value is -3.37. The molecule has 2 aliphatic rings. The van der Waals surface area contributed by atoms with Gasteiger partial charge in [0, 0.05) is 49.4 Å². The van der Waals surface area contributed by atoms with Crippen molar-refractivity contribution in [1.82, 2.24) is 29.3 Å². The van der Waals surface area contributed by atoms with E-state index in [9.17, 15) is 31.5 Å². The number of hydrogen-bond donors (Lipinski definition) is 2. The number of β-amino-alcohol motifs (C(OH)–C–C–N with tert-alkyl or cyclic N) is 1. The summed E-state index contributed by atoms with van der Waals surface area (Å²) >= 11 is 1.15. The van der Waals surface area contributed by atoms with E-state index in [2.05, 4.69) is 15.2 Å². The number of carbonyl (C=O) groups is 1. The Morgan fingerprint density at radius 3 is 2.58 bits per heavy atom. The summed E-state index contributed by atoms with van der Waals surface area (Å²) in [6.45, 7) is 2.29. The first-order valence-corrected chi connectivity index (χ1v) is 17.3. The van der Waals surface area contributed by atoms with Gasteiger partial charge in [-0.2, -0.15) is 22.6 Å². The number of benzene rings is 2. The second-order valence-electron chi connectivity index (χ2n) is 11.5. The molecule has 0 bridgehead atoms. The predicted octanol–water partition coefficient (Wildman–Crippen LogP) is 3.88. The molecule has 2 aliphatic heterocycles. The van der Waals surface area contributed by atoms with E-state index in [-0.39, 0.29) is 30.2 Å². The average Bonchev–Trinajstić information content (AvgIpc) is 3.74. The van der Waals surface area contributed by atoms with E-state index >= 15 is 0 Å². The van der Waals surface area contributed by atoms with Gasteiger partial charge in [0.15, 0.2) is 5.01 Å². The van der Waals surface area contributed by atoms with Gasteiger partial charge in [-0.05, 0) is 55.8 Å². The molecule has 240 valence electrons. The van der Waals surface area contributed by atoms with Crippen molar-refractivity contribution >= 4 is 37.5 Å². The summed E-state index contributed by atoms with van der Waals surface area (Å²) in [5, 5.41) is 18.3. The Labute approximate surface area is 262 Å². The van der Waals surface area contributed by atoms with E-state index in [1.807, 2.05) is 12.1 Å². The molecule has 1 amide bonds. The third-order valence-corrected chi connectivity index (χ3v) is 10.5. The fourth-order valence-electron chi connectivity index (χ4n) is 6.04. The summed E-state index contributed by atoms with van der Waals surface area (Å²) in [7, 11) is -3.55. The zero-order valence-electron chi connectivity index (χ0n) is 24.5. The number of thiazole rings is 1. The highest BCUT2D eigenvalue weighted by Crippen LogP contribution is 2.37. The summed E-state index contributed by atoms with van der Waals surface area (Å²) in [6.07, 6.45) is -1.79. The monoisotopic (exact) mass is 662 g/mol. The lowest BCUT2D eigenvalue weighted by Crippen LogP contribution is -2.37. The fraction of sp³-hybridized carbons (Fsp3) is 0.433. The number of aromatic nitrogens is 3. The highest BCUT2D eigenvalue weighted by molar-refractivity contribution is 7.88. The summed E-state index contributed by atoms with van der Waals surface area (Å²) in [5.41, 5.74) is 1.59. The Bertz CT molecular complexity index is 1800. The third kappa shape index (κ3) is 6.92. The van der Waals surface area contributed by atoms with Crippen LogP contribution in [0.1, 0.15) is 45.0 Å². The number of amides is 1. The van der Waals surface area contributed by atoms with Crippen LogP contribution >= 0.6 is 11.3 Å². The lowest BCUT2D eigenvalue weighted by atomic mass is 9.97. The zero-order chi connectivity index (χ0) is 31.9. The van der Waals surface area contributed by atoms with Crippen LogP contribution in [0.2, 0.25) is 0 Å². The van der Waals surface area contributed by atoms with Crippen LogP contribution in [0.25, 0.3) is 21.5 Å². The van der Waals surface area contributed by atoms with Crippen molar-refractivity contribution < 1.29 is 31.5 Å². The molecule has 45 heavy (non-hydrogen) atoms. The van der Waals surface area contributed by atoms with E-state index in [0.29, 0.717) is 35.3 Å². The summed E-state index contributed by atoms with van der Waals surface area (Å²) in [6, 6.07) is 10.8. The van der Waals surface area contributed by atoms with Gasteiger partial charge in [0.1, 0.15) is 0 Å². The molecule has 0 aliphatic carbocycles. The van der Waals surface area contributed by atoms with Gasteiger partial charge in [-0.1, -0.05) is 18.2 Å². The topological polar surface area (TPSA) is 121 Å². The van der Waals surface area contributed by atoms with Crippen molar-refractivity contribution in [2.75, 3.05) is 32.4 Å². The number of fused-ring (bicyclic) bond motifs is 2. The van der Waals surface area contributed by atoms with Crippen molar-refractivity contribution in [3.05, 3.63) is 69.9 Å². The first-order chi connectivity index (χ1) is 21.4. The van der Waals surface area contributed by atoms with Crippen molar-refractivity contribution in [3.63, 3.8) is 0 Å². The van der Waals surface area contributed by atoms with Crippen LogP contribution in [0.3, 0.4) is 0 Å². The van der Waals surface area contributed by atoms with Gasteiger partial charge < -0.3 is 15.3 Å². The minimum absolute atomic E-state index is 0.0103. The number of alkyl halides is 3. The first-order valence-electron chi connectivity index (χ1n) is 14.6. The lowest BCUT2D eigenvalue weighted by molar-refractivity contribution is -0.138. The normalized spacial score (nSPS) is 17.1. The molecule has 1 atom stereocenters. The largest absolute Gasteiger partial charge is 0.416 e. The highest BCUT2D eigenvalue weighted by atomic mass is 32.2. The maximum Gasteiger partial charge on any atom is 0.416 e. The maximum atomic E-state index is 14.1. The molecule has 4 heterocycles. The molecule has 0 saturated carbocycles. The zero-order valence-corrected chi connectivity index (χ0v) is 26.2. The molecule has 6 rings (SSSR count). The molecule has 4 aromatic rings. The number of nitrogens with zero attached hydrogens (tertiary/aromatic N) is 5. The maximum absolute atomic E-state index is 14.1. The second-order valence-corrected chi connectivity index (χ2v) is 14.5. The highest BCUT2D eigenvalue weighted by Gasteiger charge is 2.35. The van der Waals surface area contributed by atoms with Crippen molar-refractivity contribution in [3.8, 4) is 11.3 Å². The van der Waals surface area contributed by atoms with Crippen LogP contribution in [0.5, 0.6) is 0 Å². The Morgan fingerprint density at radius 1 is 1.11 bits per heavy atom. The second kappa shape index (κ2) is 12.4. The average molecular weight is 663 g/mol. The van der Waals surface area contributed by atoms with Crippen LogP contribution in [-0.4, -0.2) is 81.9 Å². The van der Waals surface area contributed by atoms with Gasteiger partial charge in [-0.25, -0.2) is 13.4 Å². The summed E-state index contributed by atoms with van der Waals surface area (Å²) in [4.78, 5) is 19.4. The molecule has 2 N–H and O–H groups in total. The van der Waals surface area contributed by atoms with Gasteiger partial charge in [0.05, 0.1) is 40.4 Å². The van der Waals surface area contributed by atoms with Crippen LogP contribution in [0, 0.1) is 0 Å². The smallest absolute Gasteiger partial charge is 0.390 e. The number of hydrogen-bond acceptors (Lipinski definition) is 8. The van der Waals surface area contributed by atoms with Gasteiger partial charge in [0.2, 0.25) is 10.0 Å². The third-order valence-electron chi connectivity index (χ3n) is 8.23. The number of halogens is 3. The fourth-order valence-corrected chi connectivity index (χ4v) is 7.71. The number of aliphatic hydroxyl groups excluding tert-OH is 1. The molecule has 0 radical (unpaired) electrons. The molecule has 0 spiro atoms.